The van der Waals surface area contributed by atoms with Crippen LogP contribution >= 0.6 is 11.3 Å². The number of thiophene rings is 1. The van der Waals surface area contributed by atoms with E-state index in [2.05, 4.69) is 138 Å². The highest BCUT2D eigenvalue weighted by Gasteiger charge is 2.18. The molecule has 7 aromatic carbocycles. The van der Waals surface area contributed by atoms with E-state index in [1.807, 2.05) is 59.9 Å². The number of hydrogen-bond donors (Lipinski definition) is 0. The molecule has 2 heterocycles. The van der Waals surface area contributed by atoms with Gasteiger partial charge < -0.3 is 4.57 Å². The molecular weight excluding hydrogens is 641 g/mol. The molecule has 4 nitrogen and oxygen atoms in total. The van der Waals surface area contributed by atoms with E-state index in [9.17, 15) is 0 Å². The topological polar surface area (TPSA) is 42.0 Å². The van der Waals surface area contributed by atoms with Gasteiger partial charge in [0.25, 0.3) is 0 Å². The van der Waals surface area contributed by atoms with Crippen LogP contribution in [0.2, 0.25) is 0 Å². The Kier molecular flexibility index (Phi) is 7.88. The van der Waals surface area contributed by atoms with E-state index in [0.29, 0.717) is 18.2 Å². The van der Waals surface area contributed by atoms with Gasteiger partial charge in [-0.05, 0) is 59.8 Å². The Balaban J connectivity index is 1.17. The van der Waals surface area contributed by atoms with Gasteiger partial charge in [-0.25, -0.2) is 9.98 Å². The largest absolute Gasteiger partial charge is 0.309 e. The number of hydrogen-bond acceptors (Lipinski definition) is 2. The molecule has 242 valence electrons. The third-order valence-electron chi connectivity index (χ3n) is 9.39. The van der Waals surface area contributed by atoms with Crippen LogP contribution in [-0.2, 0) is 6.54 Å². The molecule has 2 aromatic heterocycles. The number of amidine groups is 2. The van der Waals surface area contributed by atoms with E-state index in [1.54, 1.807) is 0 Å². The molecule has 0 spiro atoms. The molecule has 0 saturated heterocycles. The minimum Gasteiger partial charge on any atom is -0.309 e. The summed E-state index contributed by atoms with van der Waals surface area (Å²) in [6.45, 7) is 4.33. The SMILES string of the molecule is C=NC(=NC(=NCc1ccccc1)c1cccc(-c2cccc(-n3c4ccccc4c4c5sc6ccccc6c5ccc43)c2)c1)c1ccccc1. The Morgan fingerprint density at radius 3 is 2.06 bits per heavy atom. The Morgan fingerprint density at radius 1 is 0.549 bits per heavy atom. The zero-order chi connectivity index (χ0) is 34.1. The average molecular weight is 673 g/mol. The van der Waals surface area contributed by atoms with Crippen LogP contribution in [-0.4, -0.2) is 23.0 Å². The molecule has 5 heteroatoms. The zero-order valence-electron chi connectivity index (χ0n) is 27.8. The Labute approximate surface area is 300 Å². The Morgan fingerprint density at radius 2 is 1.24 bits per heavy atom. The highest BCUT2D eigenvalue weighted by Crippen LogP contribution is 2.43. The summed E-state index contributed by atoms with van der Waals surface area (Å²) in [6.07, 6.45) is 0. The summed E-state index contributed by atoms with van der Waals surface area (Å²) < 4.78 is 5.05. The van der Waals surface area contributed by atoms with E-state index in [1.165, 1.54) is 42.0 Å². The second kappa shape index (κ2) is 13.1. The minimum atomic E-state index is 0.499. The molecule has 0 aliphatic rings. The third-order valence-corrected chi connectivity index (χ3v) is 10.6. The molecule has 51 heavy (non-hydrogen) atoms. The number of nitrogens with zero attached hydrogens (tertiary/aromatic N) is 4. The van der Waals surface area contributed by atoms with E-state index in [0.717, 1.165) is 33.5 Å². The Hall–Kier alpha value is -6.43. The number of rotatable bonds is 6. The molecule has 0 bridgehead atoms. The average Bonchev–Trinajstić information content (AvgIpc) is 3.75. The van der Waals surface area contributed by atoms with E-state index in [-0.39, 0.29) is 0 Å². The highest BCUT2D eigenvalue weighted by atomic mass is 32.1. The van der Waals surface area contributed by atoms with Crippen molar-refractivity contribution < 1.29 is 0 Å². The van der Waals surface area contributed by atoms with Crippen LogP contribution in [0.5, 0.6) is 0 Å². The maximum atomic E-state index is 5.02. The van der Waals surface area contributed by atoms with Gasteiger partial charge in [-0.2, -0.15) is 0 Å². The molecular formula is C46H32N4S. The van der Waals surface area contributed by atoms with Crippen LogP contribution in [0.15, 0.2) is 185 Å². The molecule has 9 rings (SSSR count). The predicted molar refractivity (Wildman–Crippen MR) is 218 cm³/mol. The minimum absolute atomic E-state index is 0.499. The van der Waals surface area contributed by atoms with Gasteiger partial charge in [-0.1, -0.05) is 133 Å². The number of para-hydroxylation sites is 1. The summed E-state index contributed by atoms with van der Waals surface area (Å²) in [5.74, 6) is 1.15. The second-order valence-corrected chi connectivity index (χ2v) is 13.6. The molecule has 0 unspecified atom stereocenters. The van der Waals surface area contributed by atoms with Gasteiger partial charge in [0, 0.05) is 47.8 Å². The first-order valence-electron chi connectivity index (χ1n) is 17.0. The lowest BCUT2D eigenvalue weighted by molar-refractivity contribution is 1.06. The van der Waals surface area contributed by atoms with Crippen molar-refractivity contribution in [2.24, 2.45) is 15.0 Å². The van der Waals surface area contributed by atoms with Gasteiger partial charge in [0.05, 0.1) is 17.6 Å². The second-order valence-electron chi connectivity index (χ2n) is 12.5. The van der Waals surface area contributed by atoms with Crippen molar-refractivity contribution in [3.8, 4) is 16.8 Å². The molecule has 0 amide bonds. The van der Waals surface area contributed by atoms with Crippen molar-refractivity contribution in [3.63, 3.8) is 0 Å². The lowest BCUT2D eigenvalue weighted by Gasteiger charge is -2.12. The van der Waals surface area contributed by atoms with Crippen molar-refractivity contribution in [2.75, 3.05) is 0 Å². The predicted octanol–water partition coefficient (Wildman–Crippen LogP) is 11.9. The molecule has 0 radical (unpaired) electrons. The standard InChI is InChI=1S/C46H32N4S/c1-47-45(32-16-6-3-7-17-32)49-46(48-30-31-14-4-2-5-15-31)35-20-12-18-33(28-35)34-19-13-21-36(29-34)50-40-24-10-8-23-39(40)43-41(50)27-26-38-37-22-9-11-25-42(37)51-44(38)43/h2-29H,1,30H2. The molecule has 0 saturated carbocycles. The molecule has 0 N–H and O–H groups in total. The quantitative estimate of drug-likeness (QED) is 0.125. The maximum absolute atomic E-state index is 5.02. The number of fused-ring (bicyclic) bond motifs is 7. The fourth-order valence-electron chi connectivity index (χ4n) is 7.00. The van der Waals surface area contributed by atoms with Crippen LogP contribution in [0, 0.1) is 0 Å². The van der Waals surface area contributed by atoms with Gasteiger partial charge in [0.1, 0.15) is 0 Å². The summed E-state index contributed by atoms with van der Waals surface area (Å²) in [6, 6.07) is 59.5. The molecule has 0 aliphatic carbocycles. The van der Waals surface area contributed by atoms with Crippen LogP contribution in [0.3, 0.4) is 0 Å². The van der Waals surface area contributed by atoms with Gasteiger partial charge in [-0.3, -0.25) is 4.99 Å². The molecule has 0 atom stereocenters. The smallest absolute Gasteiger partial charge is 0.161 e. The summed E-state index contributed by atoms with van der Waals surface area (Å²) >= 11 is 1.88. The van der Waals surface area contributed by atoms with E-state index < -0.39 is 0 Å². The third kappa shape index (κ3) is 5.64. The van der Waals surface area contributed by atoms with Crippen LogP contribution in [0.4, 0.5) is 0 Å². The monoisotopic (exact) mass is 672 g/mol. The fraction of sp³-hybridized carbons (Fsp3) is 0.0217. The van der Waals surface area contributed by atoms with Crippen molar-refractivity contribution in [1.29, 1.82) is 0 Å². The fourth-order valence-corrected chi connectivity index (χ4v) is 8.25. The summed E-state index contributed by atoms with van der Waals surface area (Å²) in [7, 11) is 0. The highest BCUT2D eigenvalue weighted by molar-refractivity contribution is 7.26. The summed E-state index contributed by atoms with van der Waals surface area (Å²) in [5, 5.41) is 5.19. The van der Waals surface area contributed by atoms with Crippen LogP contribution in [0.1, 0.15) is 16.7 Å². The van der Waals surface area contributed by atoms with E-state index >= 15 is 0 Å². The summed E-state index contributed by atoms with van der Waals surface area (Å²) in [4.78, 5) is 14.3. The maximum Gasteiger partial charge on any atom is 0.161 e. The number of benzene rings is 7. The normalized spacial score (nSPS) is 12.3. The van der Waals surface area contributed by atoms with Crippen LogP contribution in [0.25, 0.3) is 58.8 Å². The van der Waals surface area contributed by atoms with Crippen molar-refractivity contribution in [1.82, 2.24) is 4.57 Å². The first kappa shape index (κ1) is 30.6. The summed E-state index contributed by atoms with van der Waals surface area (Å²) in [5.41, 5.74) is 8.62. The molecule has 0 aliphatic heterocycles. The van der Waals surface area contributed by atoms with Gasteiger partial charge in [0.15, 0.2) is 11.7 Å². The first-order valence-corrected chi connectivity index (χ1v) is 17.8. The van der Waals surface area contributed by atoms with Crippen molar-refractivity contribution in [2.45, 2.75) is 6.54 Å². The van der Waals surface area contributed by atoms with Crippen molar-refractivity contribution >= 4 is 71.7 Å². The number of aromatic nitrogens is 1. The lowest BCUT2D eigenvalue weighted by Crippen LogP contribution is -2.05. The van der Waals surface area contributed by atoms with Gasteiger partial charge in [-0.15, -0.1) is 11.3 Å². The van der Waals surface area contributed by atoms with Crippen molar-refractivity contribution in [3.05, 3.63) is 187 Å². The van der Waals surface area contributed by atoms with Crippen LogP contribution < -0.4 is 0 Å². The van der Waals surface area contributed by atoms with Gasteiger partial charge in [0.2, 0.25) is 0 Å². The molecule has 0 fully saturated rings. The lowest BCUT2D eigenvalue weighted by atomic mass is 10.0. The zero-order valence-corrected chi connectivity index (χ0v) is 28.6. The van der Waals surface area contributed by atoms with Gasteiger partial charge >= 0.3 is 0 Å². The first-order chi connectivity index (χ1) is 25.2. The van der Waals surface area contributed by atoms with E-state index in [4.69, 9.17) is 9.98 Å². The Bertz CT molecular complexity index is 2790. The number of aliphatic imine (C=N–C) groups is 3. The molecule has 9 aromatic rings.